The van der Waals surface area contributed by atoms with E-state index >= 15 is 0 Å². The predicted molar refractivity (Wildman–Crippen MR) is 137 cm³/mol. The summed E-state index contributed by atoms with van der Waals surface area (Å²) < 4.78 is 18.9. The second-order valence-electron chi connectivity index (χ2n) is 8.80. The van der Waals surface area contributed by atoms with Crippen LogP contribution >= 0.6 is 11.3 Å². The summed E-state index contributed by atoms with van der Waals surface area (Å²) in [6.45, 7) is 0.804. The average Bonchev–Trinajstić information content (AvgIpc) is 3.12. The number of fused-ring (bicyclic) bond motifs is 1. The molecule has 2 N–H and O–H groups in total. The van der Waals surface area contributed by atoms with Gasteiger partial charge >= 0.3 is 0 Å². The van der Waals surface area contributed by atoms with E-state index < -0.39 is 0 Å². The summed E-state index contributed by atoms with van der Waals surface area (Å²) in [5.41, 5.74) is 9.46. The number of nitrogens with two attached hydrogens (primary N) is 1. The maximum absolute atomic E-state index is 13.6. The molecule has 3 aromatic rings. The molecule has 0 radical (unpaired) electrons. The van der Waals surface area contributed by atoms with Gasteiger partial charge in [0.05, 0.1) is 25.0 Å². The van der Waals surface area contributed by atoms with Crippen LogP contribution < -0.4 is 10.5 Å². The Morgan fingerprint density at radius 2 is 1.83 bits per heavy atom. The van der Waals surface area contributed by atoms with E-state index in [-0.39, 0.29) is 24.1 Å². The minimum absolute atomic E-state index is 0.0287. The lowest BCUT2D eigenvalue weighted by molar-refractivity contribution is -0.123. The molecule has 0 spiro atoms. The number of aromatic nitrogens is 1. The minimum Gasteiger partial charge on any atom is -0.497 e. The molecule has 6 nitrogen and oxygen atoms in total. The molecule has 8 heteroatoms. The van der Waals surface area contributed by atoms with Crippen LogP contribution in [0.4, 0.5) is 9.52 Å². The van der Waals surface area contributed by atoms with Gasteiger partial charge in [0.25, 0.3) is 0 Å². The molecule has 1 aliphatic heterocycles. The molecule has 0 saturated heterocycles. The number of rotatable bonds is 6. The number of benzene rings is 2. The lowest BCUT2D eigenvalue weighted by Gasteiger charge is -2.29. The van der Waals surface area contributed by atoms with Crippen molar-refractivity contribution in [1.29, 1.82) is 0 Å². The molecule has 2 heterocycles. The van der Waals surface area contributed by atoms with Crippen LogP contribution in [0.5, 0.6) is 5.75 Å². The summed E-state index contributed by atoms with van der Waals surface area (Å²) >= 11 is 1.53. The van der Waals surface area contributed by atoms with Gasteiger partial charge in [0.15, 0.2) is 10.9 Å². The molecule has 1 atom stereocenters. The Kier molecular flexibility index (Phi) is 6.63. The van der Waals surface area contributed by atoms with Crippen molar-refractivity contribution in [2.45, 2.75) is 25.7 Å². The van der Waals surface area contributed by atoms with Crippen LogP contribution in [0.3, 0.4) is 0 Å². The number of ether oxygens (including phenoxy) is 1. The molecule has 2 aliphatic rings. The normalized spacial score (nSPS) is 17.8. The SMILES string of the molecule is COc1ccc(C2=CCN(CC(=O)C3CCc4nc(N)sc4CC3)C(c3ccc(F)cc3)=N2)cc1. The minimum atomic E-state index is -0.307. The Bertz CT molecular complexity index is 1260. The molecule has 0 amide bonds. The van der Waals surface area contributed by atoms with Crippen LogP contribution in [0.25, 0.3) is 5.70 Å². The van der Waals surface area contributed by atoms with Crippen molar-refractivity contribution in [3.63, 3.8) is 0 Å². The standard InChI is InChI=1S/C27H27FN4O2S/c1-34-21-10-4-17(5-11-21)22-14-15-32(26(30-22)19-2-8-20(28)9-3-19)16-24(33)18-6-12-23-25(13-7-18)35-27(29)31-23/h2-5,8-11,14,18H,6-7,12-13,15-16H2,1H3,(H2,29,31). The Balaban J connectivity index is 1.36. The van der Waals surface area contributed by atoms with E-state index in [2.05, 4.69) is 4.98 Å². The number of carbonyl (C=O) groups excluding carboxylic acids is 1. The molecule has 1 unspecified atom stereocenters. The van der Waals surface area contributed by atoms with Crippen molar-refractivity contribution < 1.29 is 13.9 Å². The number of aryl methyl sites for hydroxylation is 2. The van der Waals surface area contributed by atoms with Gasteiger partial charge in [-0.05, 0) is 80.3 Å². The first kappa shape index (κ1) is 23.2. The van der Waals surface area contributed by atoms with Crippen molar-refractivity contribution >= 4 is 33.8 Å². The number of thiazole rings is 1. The number of carbonyl (C=O) groups is 1. The summed E-state index contributed by atoms with van der Waals surface area (Å²) in [6.07, 6.45) is 5.22. The highest BCUT2D eigenvalue weighted by Crippen LogP contribution is 2.31. The van der Waals surface area contributed by atoms with Gasteiger partial charge in [-0.15, -0.1) is 11.3 Å². The monoisotopic (exact) mass is 490 g/mol. The first-order valence-electron chi connectivity index (χ1n) is 11.7. The van der Waals surface area contributed by atoms with Crippen LogP contribution in [0.15, 0.2) is 59.6 Å². The van der Waals surface area contributed by atoms with E-state index in [1.807, 2.05) is 35.2 Å². The summed E-state index contributed by atoms with van der Waals surface area (Å²) in [5, 5.41) is 0.604. The lowest BCUT2D eigenvalue weighted by atomic mass is 9.94. The Morgan fingerprint density at radius 3 is 2.57 bits per heavy atom. The zero-order chi connectivity index (χ0) is 24.4. The van der Waals surface area contributed by atoms with Gasteiger partial charge in [-0.1, -0.05) is 0 Å². The van der Waals surface area contributed by atoms with Gasteiger partial charge in [-0.25, -0.2) is 14.4 Å². The molecule has 0 fully saturated rings. The number of Topliss-reactive ketones (excluding diaryl/α,β-unsaturated/α-hetero) is 1. The maximum Gasteiger partial charge on any atom is 0.180 e. The van der Waals surface area contributed by atoms with Gasteiger partial charge in [0.2, 0.25) is 0 Å². The number of anilines is 1. The Hall–Kier alpha value is -3.52. The third kappa shape index (κ3) is 5.12. The average molecular weight is 491 g/mol. The first-order chi connectivity index (χ1) is 17.0. The van der Waals surface area contributed by atoms with Crippen LogP contribution in [-0.2, 0) is 17.6 Å². The van der Waals surface area contributed by atoms with Crippen molar-refractivity contribution in [3.05, 3.63) is 82.1 Å². The molecule has 1 aromatic heterocycles. The van der Waals surface area contributed by atoms with E-state index in [0.717, 1.165) is 54.0 Å². The number of hydrogen-bond acceptors (Lipinski definition) is 7. The van der Waals surface area contributed by atoms with E-state index in [0.29, 0.717) is 17.5 Å². The molecule has 5 rings (SSSR count). The van der Waals surface area contributed by atoms with Crippen LogP contribution in [-0.4, -0.2) is 41.7 Å². The smallest absolute Gasteiger partial charge is 0.180 e. The highest BCUT2D eigenvalue weighted by atomic mass is 32.1. The molecule has 0 bridgehead atoms. The molecule has 2 aromatic carbocycles. The van der Waals surface area contributed by atoms with Crippen LogP contribution in [0, 0.1) is 11.7 Å². The summed E-state index contributed by atoms with van der Waals surface area (Å²) in [7, 11) is 1.63. The number of nitrogen functional groups attached to an aromatic ring is 1. The topological polar surface area (TPSA) is 80.8 Å². The van der Waals surface area contributed by atoms with Crippen LogP contribution in [0.1, 0.15) is 34.5 Å². The summed E-state index contributed by atoms with van der Waals surface area (Å²) in [6, 6.07) is 14.0. The molecule has 35 heavy (non-hydrogen) atoms. The van der Waals surface area contributed by atoms with Crippen molar-refractivity contribution in [2.24, 2.45) is 10.9 Å². The first-order valence-corrected chi connectivity index (χ1v) is 12.5. The quantitative estimate of drug-likeness (QED) is 0.505. The fourth-order valence-electron chi connectivity index (χ4n) is 4.64. The molecular formula is C27H27FN4O2S. The number of amidine groups is 1. The number of aliphatic imine (C=N–C) groups is 1. The van der Waals surface area contributed by atoms with Gasteiger partial charge in [0, 0.05) is 28.5 Å². The van der Waals surface area contributed by atoms with Crippen LogP contribution in [0.2, 0.25) is 0 Å². The fourth-order valence-corrected chi connectivity index (χ4v) is 5.53. The second kappa shape index (κ2) is 10.00. The molecular weight excluding hydrogens is 463 g/mol. The molecule has 180 valence electrons. The van der Waals surface area contributed by atoms with Crippen molar-refractivity contribution in [3.8, 4) is 5.75 Å². The van der Waals surface area contributed by atoms with Gasteiger partial charge < -0.3 is 15.4 Å². The highest BCUT2D eigenvalue weighted by molar-refractivity contribution is 7.15. The molecule has 0 saturated carbocycles. The number of halogens is 1. The third-order valence-electron chi connectivity index (χ3n) is 6.57. The van der Waals surface area contributed by atoms with Gasteiger partial charge in [0.1, 0.15) is 17.4 Å². The van der Waals surface area contributed by atoms with Gasteiger partial charge in [-0.3, -0.25) is 4.79 Å². The van der Waals surface area contributed by atoms with E-state index in [1.54, 1.807) is 19.2 Å². The summed E-state index contributed by atoms with van der Waals surface area (Å²) in [4.78, 5) is 25.9. The zero-order valence-corrected chi connectivity index (χ0v) is 20.4. The lowest BCUT2D eigenvalue weighted by Crippen LogP contribution is -2.40. The number of hydrogen-bond donors (Lipinski definition) is 1. The zero-order valence-electron chi connectivity index (χ0n) is 19.5. The number of ketones is 1. The van der Waals surface area contributed by atoms with E-state index in [9.17, 15) is 9.18 Å². The number of methoxy groups -OCH3 is 1. The van der Waals surface area contributed by atoms with E-state index in [1.165, 1.54) is 28.3 Å². The fraction of sp³-hybridized carbons (Fsp3) is 0.296. The maximum atomic E-state index is 13.6. The van der Waals surface area contributed by atoms with E-state index in [4.69, 9.17) is 15.5 Å². The largest absolute Gasteiger partial charge is 0.497 e. The Labute approximate surface area is 208 Å². The predicted octanol–water partition coefficient (Wildman–Crippen LogP) is 4.74. The number of nitrogens with zero attached hydrogens (tertiary/aromatic N) is 3. The highest BCUT2D eigenvalue weighted by Gasteiger charge is 2.28. The van der Waals surface area contributed by atoms with Crippen molar-refractivity contribution in [2.75, 3.05) is 25.9 Å². The molecule has 1 aliphatic carbocycles. The summed E-state index contributed by atoms with van der Waals surface area (Å²) in [5.74, 6) is 1.31. The third-order valence-corrected chi connectivity index (χ3v) is 7.55. The van der Waals surface area contributed by atoms with Crippen molar-refractivity contribution in [1.82, 2.24) is 9.88 Å². The van der Waals surface area contributed by atoms with Gasteiger partial charge in [-0.2, -0.15) is 0 Å². The Morgan fingerprint density at radius 1 is 1.11 bits per heavy atom. The second-order valence-corrected chi connectivity index (χ2v) is 9.92.